The highest BCUT2D eigenvalue weighted by Gasteiger charge is 2.15. The van der Waals surface area contributed by atoms with E-state index in [1.54, 1.807) is 0 Å². The normalized spacial score (nSPS) is 23.0. The first-order valence-electron chi connectivity index (χ1n) is 4.54. The van der Waals surface area contributed by atoms with E-state index in [0.717, 1.165) is 18.6 Å². The highest BCUT2D eigenvalue weighted by Crippen LogP contribution is 2.26. The van der Waals surface area contributed by atoms with Crippen molar-refractivity contribution in [3.8, 4) is 0 Å². The van der Waals surface area contributed by atoms with E-state index in [4.69, 9.17) is 5.73 Å². The predicted octanol–water partition coefficient (Wildman–Crippen LogP) is 1.48. The molecule has 64 valence electrons. The van der Waals surface area contributed by atoms with Crippen molar-refractivity contribution in [1.82, 2.24) is 0 Å². The molecule has 1 fully saturated rings. The van der Waals surface area contributed by atoms with Crippen molar-refractivity contribution in [3.05, 3.63) is 0 Å². The molecule has 0 unspecified atom stereocenters. The smallest absolute Gasteiger partial charge is 0.136 e. The van der Waals surface area contributed by atoms with Gasteiger partial charge in [-0.3, -0.25) is 0 Å². The van der Waals surface area contributed by atoms with E-state index in [1.165, 1.54) is 32.1 Å². The van der Waals surface area contributed by atoms with Crippen LogP contribution in [0.25, 0.3) is 0 Å². The molecule has 0 aromatic carbocycles. The lowest BCUT2D eigenvalue weighted by molar-refractivity contribution is -0.109. The van der Waals surface area contributed by atoms with Gasteiger partial charge in [-0.1, -0.05) is 32.1 Å². The zero-order valence-electron chi connectivity index (χ0n) is 6.96. The first-order valence-corrected chi connectivity index (χ1v) is 4.54. The van der Waals surface area contributed by atoms with Crippen LogP contribution < -0.4 is 5.73 Å². The number of rotatable bonds is 3. The van der Waals surface area contributed by atoms with Gasteiger partial charge in [-0.15, -0.1) is 0 Å². The average molecular weight is 155 g/mol. The Morgan fingerprint density at radius 1 is 1.36 bits per heavy atom. The summed E-state index contributed by atoms with van der Waals surface area (Å²) >= 11 is 0. The molecule has 2 heteroatoms. The Labute approximate surface area is 68.2 Å². The SMILES string of the molecule is N[C@H](C=O)CC1CCCCC1. The molecule has 0 spiro atoms. The molecule has 11 heavy (non-hydrogen) atoms. The van der Waals surface area contributed by atoms with Gasteiger partial charge in [-0.05, 0) is 12.3 Å². The van der Waals surface area contributed by atoms with Gasteiger partial charge >= 0.3 is 0 Å². The van der Waals surface area contributed by atoms with Crippen LogP contribution in [0.2, 0.25) is 0 Å². The molecule has 0 bridgehead atoms. The van der Waals surface area contributed by atoms with Crippen LogP contribution in [0.5, 0.6) is 0 Å². The molecule has 1 aliphatic carbocycles. The van der Waals surface area contributed by atoms with Gasteiger partial charge in [0.15, 0.2) is 0 Å². The van der Waals surface area contributed by atoms with Gasteiger partial charge < -0.3 is 10.5 Å². The molecule has 0 aliphatic heterocycles. The molecule has 0 heterocycles. The van der Waals surface area contributed by atoms with Crippen LogP contribution in [0, 0.1) is 5.92 Å². The number of aldehydes is 1. The molecule has 0 amide bonds. The summed E-state index contributed by atoms with van der Waals surface area (Å²) in [6, 6.07) is -0.210. The molecule has 0 aromatic rings. The van der Waals surface area contributed by atoms with Gasteiger partial charge in [0.05, 0.1) is 6.04 Å². The lowest BCUT2D eigenvalue weighted by atomic mass is 9.85. The van der Waals surface area contributed by atoms with Crippen molar-refractivity contribution in [1.29, 1.82) is 0 Å². The fourth-order valence-corrected chi connectivity index (χ4v) is 1.86. The highest BCUT2D eigenvalue weighted by atomic mass is 16.1. The predicted molar refractivity (Wildman–Crippen MR) is 45.2 cm³/mol. The molecule has 2 N–H and O–H groups in total. The lowest BCUT2D eigenvalue weighted by Crippen LogP contribution is -2.25. The van der Waals surface area contributed by atoms with Crippen molar-refractivity contribution in [2.45, 2.75) is 44.6 Å². The van der Waals surface area contributed by atoms with E-state index in [1.807, 2.05) is 0 Å². The second-order valence-corrected chi connectivity index (χ2v) is 3.54. The van der Waals surface area contributed by atoms with Crippen LogP contribution in [0.4, 0.5) is 0 Å². The topological polar surface area (TPSA) is 43.1 Å². The fraction of sp³-hybridized carbons (Fsp3) is 0.889. The molecule has 1 saturated carbocycles. The molecule has 1 rings (SSSR count). The third-order valence-corrected chi connectivity index (χ3v) is 2.51. The maximum Gasteiger partial charge on any atom is 0.136 e. The Hall–Kier alpha value is -0.370. The second kappa shape index (κ2) is 4.50. The van der Waals surface area contributed by atoms with Crippen molar-refractivity contribution >= 4 is 6.29 Å². The van der Waals surface area contributed by atoms with E-state index >= 15 is 0 Å². The van der Waals surface area contributed by atoms with Crippen molar-refractivity contribution < 1.29 is 4.79 Å². The van der Waals surface area contributed by atoms with Gasteiger partial charge in [-0.25, -0.2) is 0 Å². The lowest BCUT2D eigenvalue weighted by Gasteiger charge is -2.22. The molecule has 2 nitrogen and oxygen atoms in total. The third-order valence-electron chi connectivity index (χ3n) is 2.51. The maximum absolute atomic E-state index is 10.3. The number of hydrogen-bond acceptors (Lipinski definition) is 2. The molecule has 0 saturated heterocycles. The first-order chi connectivity index (χ1) is 5.33. The summed E-state index contributed by atoms with van der Waals surface area (Å²) < 4.78 is 0. The standard InChI is InChI=1S/C9H17NO/c10-9(7-11)6-8-4-2-1-3-5-8/h7-9H,1-6,10H2/t9-/m0/s1. The minimum Gasteiger partial charge on any atom is -0.322 e. The van der Waals surface area contributed by atoms with Crippen molar-refractivity contribution in [2.24, 2.45) is 11.7 Å². The van der Waals surface area contributed by atoms with Gasteiger partial charge in [0, 0.05) is 0 Å². The van der Waals surface area contributed by atoms with Crippen LogP contribution in [0.15, 0.2) is 0 Å². The molecular formula is C9H17NO. The van der Waals surface area contributed by atoms with Crippen LogP contribution >= 0.6 is 0 Å². The Balaban J connectivity index is 2.18. The zero-order chi connectivity index (χ0) is 8.10. The quantitative estimate of drug-likeness (QED) is 0.627. The summed E-state index contributed by atoms with van der Waals surface area (Å²) in [5.41, 5.74) is 5.54. The van der Waals surface area contributed by atoms with Gasteiger partial charge in [0.2, 0.25) is 0 Å². The number of hydrogen-bond donors (Lipinski definition) is 1. The molecule has 0 radical (unpaired) electrons. The van der Waals surface area contributed by atoms with Crippen molar-refractivity contribution in [3.63, 3.8) is 0 Å². The van der Waals surface area contributed by atoms with E-state index in [2.05, 4.69) is 0 Å². The van der Waals surface area contributed by atoms with E-state index in [-0.39, 0.29) is 6.04 Å². The monoisotopic (exact) mass is 155 g/mol. The Morgan fingerprint density at radius 3 is 2.55 bits per heavy atom. The van der Waals surface area contributed by atoms with Crippen LogP contribution in [-0.4, -0.2) is 12.3 Å². The van der Waals surface area contributed by atoms with E-state index < -0.39 is 0 Å². The summed E-state index contributed by atoms with van der Waals surface area (Å²) in [6.07, 6.45) is 8.36. The Morgan fingerprint density at radius 2 is 2.00 bits per heavy atom. The Kier molecular flexibility index (Phi) is 3.57. The van der Waals surface area contributed by atoms with E-state index in [9.17, 15) is 4.79 Å². The fourth-order valence-electron chi connectivity index (χ4n) is 1.86. The van der Waals surface area contributed by atoms with E-state index in [0.29, 0.717) is 0 Å². The largest absolute Gasteiger partial charge is 0.322 e. The Bertz CT molecular complexity index is 119. The molecular weight excluding hydrogens is 138 g/mol. The minimum absolute atomic E-state index is 0.210. The summed E-state index contributed by atoms with van der Waals surface area (Å²) in [5.74, 6) is 0.726. The summed E-state index contributed by atoms with van der Waals surface area (Å²) in [7, 11) is 0. The average Bonchev–Trinajstić information content (AvgIpc) is 2.06. The number of carbonyl (C=O) groups is 1. The number of carbonyl (C=O) groups excluding carboxylic acids is 1. The van der Waals surface area contributed by atoms with Gasteiger partial charge in [-0.2, -0.15) is 0 Å². The van der Waals surface area contributed by atoms with Gasteiger partial charge in [0.25, 0.3) is 0 Å². The summed E-state index contributed by atoms with van der Waals surface area (Å²) in [4.78, 5) is 10.3. The maximum atomic E-state index is 10.3. The van der Waals surface area contributed by atoms with Gasteiger partial charge in [0.1, 0.15) is 6.29 Å². The molecule has 0 aromatic heterocycles. The summed E-state index contributed by atoms with van der Waals surface area (Å²) in [6.45, 7) is 0. The third kappa shape index (κ3) is 3.02. The van der Waals surface area contributed by atoms with Crippen LogP contribution in [0.1, 0.15) is 38.5 Å². The molecule has 1 atom stereocenters. The molecule has 1 aliphatic rings. The minimum atomic E-state index is -0.210. The number of nitrogens with two attached hydrogens (primary N) is 1. The van der Waals surface area contributed by atoms with Crippen molar-refractivity contribution in [2.75, 3.05) is 0 Å². The van der Waals surface area contributed by atoms with Crippen LogP contribution in [0.3, 0.4) is 0 Å². The zero-order valence-corrected chi connectivity index (χ0v) is 6.96. The summed E-state index contributed by atoms with van der Waals surface area (Å²) in [5, 5.41) is 0. The van der Waals surface area contributed by atoms with Crippen LogP contribution in [-0.2, 0) is 4.79 Å². The second-order valence-electron chi connectivity index (χ2n) is 3.54. The first kappa shape index (κ1) is 8.72. The highest BCUT2D eigenvalue weighted by molar-refractivity contribution is 5.56.